The zero-order valence-electron chi connectivity index (χ0n) is 11.0. The second kappa shape index (κ2) is 4.65. The smallest absolute Gasteiger partial charge is 0.232 e. The number of carbonyl (C=O) groups excluding carboxylic acids is 2. The molecule has 1 N–H and O–H groups in total. The topological polar surface area (TPSA) is 49.4 Å². The van der Waals surface area contributed by atoms with Crippen molar-refractivity contribution >= 4 is 11.8 Å². The lowest BCUT2D eigenvalue weighted by atomic mass is 9.86. The van der Waals surface area contributed by atoms with Crippen LogP contribution in [0.2, 0.25) is 0 Å². The molecule has 3 aliphatic rings. The molecule has 3 rings (SSSR count). The van der Waals surface area contributed by atoms with Gasteiger partial charge in [0.15, 0.2) is 0 Å². The summed E-state index contributed by atoms with van der Waals surface area (Å²) < 4.78 is 0. The second-order valence-corrected chi connectivity index (χ2v) is 6.22. The van der Waals surface area contributed by atoms with Crippen molar-refractivity contribution < 1.29 is 9.59 Å². The summed E-state index contributed by atoms with van der Waals surface area (Å²) in [6, 6.07) is 0. The lowest BCUT2D eigenvalue weighted by Crippen LogP contribution is -2.51. The monoisotopic (exact) mass is 250 g/mol. The largest absolute Gasteiger partial charge is 0.316 e. The molecule has 2 heterocycles. The van der Waals surface area contributed by atoms with Crippen LogP contribution in [0, 0.1) is 23.7 Å². The van der Waals surface area contributed by atoms with E-state index in [0.717, 1.165) is 38.8 Å². The Kier molecular flexibility index (Phi) is 3.14. The Morgan fingerprint density at radius 3 is 2.44 bits per heavy atom. The Morgan fingerprint density at radius 1 is 1.17 bits per heavy atom. The number of amides is 2. The van der Waals surface area contributed by atoms with E-state index in [1.54, 1.807) is 4.90 Å². The molecule has 4 atom stereocenters. The minimum absolute atomic E-state index is 0.103. The van der Waals surface area contributed by atoms with Gasteiger partial charge in [-0.25, -0.2) is 0 Å². The Balaban J connectivity index is 1.71. The van der Waals surface area contributed by atoms with Crippen molar-refractivity contribution in [3.8, 4) is 0 Å². The third kappa shape index (κ3) is 1.96. The highest BCUT2D eigenvalue weighted by molar-refractivity contribution is 6.00. The summed E-state index contributed by atoms with van der Waals surface area (Å²) in [5, 5.41) is 3.37. The molecule has 2 aliphatic heterocycles. The fraction of sp³-hybridized carbons (Fsp3) is 0.857. The molecular weight excluding hydrogens is 228 g/mol. The van der Waals surface area contributed by atoms with E-state index < -0.39 is 0 Å². The number of rotatable bonds is 2. The molecule has 0 aromatic rings. The third-order valence-corrected chi connectivity index (χ3v) is 5.07. The van der Waals surface area contributed by atoms with Gasteiger partial charge < -0.3 is 5.32 Å². The molecule has 2 amide bonds. The number of nitrogens with zero attached hydrogens (tertiary/aromatic N) is 1. The van der Waals surface area contributed by atoms with Crippen LogP contribution in [0.3, 0.4) is 0 Å². The first kappa shape index (κ1) is 12.2. The van der Waals surface area contributed by atoms with Crippen LogP contribution in [0.1, 0.15) is 32.6 Å². The molecule has 4 unspecified atom stereocenters. The summed E-state index contributed by atoms with van der Waals surface area (Å²) >= 11 is 0. The lowest BCUT2D eigenvalue weighted by Gasteiger charge is -2.36. The van der Waals surface area contributed by atoms with Crippen LogP contribution < -0.4 is 5.32 Å². The highest BCUT2D eigenvalue weighted by atomic mass is 16.2. The highest BCUT2D eigenvalue weighted by Crippen LogP contribution is 2.38. The van der Waals surface area contributed by atoms with E-state index in [9.17, 15) is 9.59 Å². The maximum absolute atomic E-state index is 12.3. The predicted molar refractivity (Wildman–Crippen MR) is 67.7 cm³/mol. The lowest BCUT2D eigenvalue weighted by molar-refractivity contribution is -0.153. The molecule has 0 aromatic heterocycles. The van der Waals surface area contributed by atoms with Crippen LogP contribution >= 0.6 is 0 Å². The number of fused-ring (bicyclic) bond motifs is 2. The number of piperidine rings is 2. The molecule has 18 heavy (non-hydrogen) atoms. The van der Waals surface area contributed by atoms with Crippen molar-refractivity contribution in [2.24, 2.45) is 23.7 Å². The summed E-state index contributed by atoms with van der Waals surface area (Å²) in [5.74, 6) is 1.52. The average Bonchev–Trinajstić information content (AvgIpc) is 2.81. The maximum atomic E-state index is 12.3. The Hall–Kier alpha value is -0.900. The Labute approximate surface area is 108 Å². The SMILES string of the molecule is CC1CCNCC1CN1C(=O)C2CCC(C2)C1=O. The first-order valence-corrected chi connectivity index (χ1v) is 7.22. The van der Waals surface area contributed by atoms with E-state index in [1.165, 1.54) is 0 Å². The molecule has 4 nitrogen and oxygen atoms in total. The molecule has 1 aliphatic carbocycles. The average molecular weight is 250 g/mol. The van der Waals surface area contributed by atoms with Gasteiger partial charge >= 0.3 is 0 Å². The van der Waals surface area contributed by atoms with Crippen LogP contribution in [-0.4, -0.2) is 36.3 Å². The fourth-order valence-corrected chi connectivity index (χ4v) is 3.69. The molecule has 1 saturated carbocycles. The van der Waals surface area contributed by atoms with Gasteiger partial charge in [0.2, 0.25) is 11.8 Å². The standard InChI is InChI=1S/C14H22N2O2/c1-9-4-5-15-7-12(9)8-16-13(17)10-2-3-11(6-10)14(16)18/h9-12,15H,2-8H2,1H3. The highest BCUT2D eigenvalue weighted by Gasteiger charge is 2.45. The first-order valence-electron chi connectivity index (χ1n) is 7.22. The first-order chi connectivity index (χ1) is 8.66. The number of hydrogen-bond acceptors (Lipinski definition) is 3. The minimum Gasteiger partial charge on any atom is -0.316 e. The van der Waals surface area contributed by atoms with Crippen LogP contribution in [0.4, 0.5) is 0 Å². The second-order valence-electron chi connectivity index (χ2n) is 6.22. The fourth-order valence-electron chi connectivity index (χ4n) is 3.69. The van der Waals surface area contributed by atoms with Crippen LogP contribution in [0.25, 0.3) is 0 Å². The number of nitrogens with one attached hydrogen (secondary N) is 1. The van der Waals surface area contributed by atoms with Gasteiger partial charge in [-0.3, -0.25) is 14.5 Å². The van der Waals surface area contributed by atoms with Crippen molar-refractivity contribution in [1.29, 1.82) is 0 Å². The summed E-state index contributed by atoms with van der Waals surface area (Å²) in [5.41, 5.74) is 0. The van der Waals surface area contributed by atoms with E-state index in [-0.39, 0.29) is 23.7 Å². The Morgan fingerprint density at radius 2 is 1.83 bits per heavy atom. The minimum atomic E-state index is 0.103. The number of imide groups is 1. The van der Waals surface area contributed by atoms with Crippen molar-refractivity contribution in [2.45, 2.75) is 32.6 Å². The van der Waals surface area contributed by atoms with E-state index >= 15 is 0 Å². The summed E-state index contributed by atoms with van der Waals surface area (Å²) in [4.78, 5) is 26.1. The molecule has 0 spiro atoms. The van der Waals surface area contributed by atoms with E-state index in [2.05, 4.69) is 12.2 Å². The molecule has 2 saturated heterocycles. The van der Waals surface area contributed by atoms with Gasteiger partial charge in [-0.15, -0.1) is 0 Å². The summed E-state index contributed by atoms with van der Waals surface area (Å²) in [6.07, 6.45) is 3.80. The molecule has 100 valence electrons. The molecule has 4 heteroatoms. The third-order valence-electron chi connectivity index (χ3n) is 5.07. The van der Waals surface area contributed by atoms with Crippen molar-refractivity contribution in [1.82, 2.24) is 10.2 Å². The van der Waals surface area contributed by atoms with E-state index in [4.69, 9.17) is 0 Å². The number of likely N-dealkylation sites (tertiary alicyclic amines) is 1. The van der Waals surface area contributed by atoms with Crippen LogP contribution in [0.15, 0.2) is 0 Å². The van der Waals surface area contributed by atoms with Gasteiger partial charge in [-0.05, 0) is 50.6 Å². The molecule has 0 aromatic carbocycles. The molecule has 2 bridgehead atoms. The normalized spacial score (nSPS) is 40.4. The van der Waals surface area contributed by atoms with Crippen LogP contribution in [-0.2, 0) is 9.59 Å². The van der Waals surface area contributed by atoms with Gasteiger partial charge in [0, 0.05) is 18.4 Å². The van der Waals surface area contributed by atoms with E-state index in [1.807, 2.05) is 0 Å². The van der Waals surface area contributed by atoms with E-state index in [0.29, 0.717) is 18.4 Å². The zero-order chi connectivity index (χ0) is 12.7. The van der Waals surface area contributed by atoms with Crippen molar-refractivity contribution in [2.75, 3.05) is 19.6 Å². The van der Waals surface area contributed by atoms with Crippen molar-refractivity contribution in [3.05, 3.63) is 0 Å². The summed E-state index contributed by atoms with van der Waals surface area (Å²) in [7, 11) is 0. The van der Waals surface area contributed by atoms with Gasteiger partial charge in [0.1, 0.15) is 0 Å². The van der Waals surface area contributed by atoms with Gasteiger partial charge in [-0.2, -0.15) is 0 Å². The van der Waals surface area contributed by atoms with Crippen molar-refractivity contribution in [3.63, 3.8) is 0 Å². The number of hydrogen-bond donors (Lipinski definition) is 1. The maximum Gasteiger partial charge on any atom is 0.232 e. The quantitative estimate of drug-likeness (QED) is 0.744. The van der Waals surface area contributed by atoms with Gasteiger partial charge in [0.05, 0.1) is 0 Å². The predicted octanol–water partition coefficient (Wildman–Crippen LogP) is 1.02. The Bertz CT molecular complexity index is 347. The molecule has 0 radical (unpaired) electrons. The molecule has 3 fully saturated rings. The van der Waals surface area contributed by atoms with Gasteiger partial charge in [0.25, 0.3) is 0 Å². The van der Waals surface area contributed by atoms with Gasteiger partial charge in [-0.1, -0.05) is 6.92 Å². The number of carbonyl (C=O) groups is 2. The zero-order valence-corrected chi connectivity index (χ0v) is 11.0. The summed E-state index contributed by atoms with van der Waals surface area (Å²) in [6.45, 7) is 4.87. The molecular formula is C14H22N2O2. The van der Waals surface area contributed by atoms with Crippen LogP contribution in [0.5, 0.6) is 0 Å².